The molecule has 0 atom stereocenters. The van der Waals surface area contributed by atoms with Gasteiger partial charge in [-0.05, 0) is 49.7 Å². The minimum atomic E-state index is -0.970. The minimum Gasteiger partial charge on any atom is -0.491 e. The Bertz CT molecular complexity index is 692. The number of carboxylic acids is 1. The number of amides is 1. The molecule has 2 aromatic rings. The van der Waals surface area contributed by atoms with Crippen LogP contribution in [-0.2, 0) is 6.54 Å². The Kier molecular flexibility index (Phi) is 5.36. The number of carboxylic acid groups (broad SMARTS) is 1. The van der Waals surface area contributed by atoms with Crippen molar-refractivity contribution in [2.24, 2.45) is 0 Å². The summed E-state index contributed by atoms with van der Waals surface area (Å²) < 4.78 is 5.57. The molecule has 0 unspecified atom stereocenters. The van der Waals surface area contributed by atoms with Gasteiger partial charge in [0, 0.05) is 12.1 Å². The molecule has 2 rings (SSSR count). The number of rotatable bonds is 6. The van der Waals surface area contributed by atoms with Crippen LogP contribution in [-0.4, -0.2) is 23.1 Å². The highest BCUT2D eigenvalue weighted by Gasteiger charge is 2.08. The average Bonchev–Trinajstić information content (AvgIpc) is 2.52. The van der Waals surface area contributed by atoms with Gasteiger partial charge in [0.1, 0.15) is 5.75 Å². The highest BCUT2D eigenvalue weighted by molar-refractivity contribution is 5.94. The highest BCUT2D eigenvalue weighted by Crippen LogP contribution is 2.15. The first-order chi connectivity index (χ1) is 11.0. The molecule has 0 saturated carbocycles. The zero-order chi connectivity index (χ0) is 16.8. The summed E-state index contributed by atoms with van der Waals surface area (Å²) in [7, 11) is 0. The van der Waals surface area contributed by atoms with Gasteiger partial charge in [0.25, 0.3) is 5.91 Å². The van der Waals surface area contributed by atoms with Crippen LogP contribution in [0.4, 0.5) is 0 Å². The van der Waals surface area contributed by atoms with Crippen LogP contribution in [0, 0.1) is 0 Å². The van der Waals surface area contributed by atoms with Crippen molar-refractivity contribution in [2.45, 2.75) is 26.5 Å². The van der Waals surface area contributed by atoms with Gasteiger partial charge in [-0.3, -0.25) is 4.79 Å². The maximum atomic E-state index is 12.2. The molecular formula is C18H19NO4. The van der Waals surface area contributed by atoms with Crippen LogP contribution in [0.3, 0.4) is 0 Å². The first-order valence-corrected chi connectivity index (χ1v) is 7.33. The van der Waals surface area contributed by atoms with E-state index in [1.807, 2.05) is 13.8 Å². The Labute approximate surface area is 134 Å². The fourth-order valence-corrected chi connectivity index (χ4v) is 2.03. The number of carbonyl (C=O) groups is 2. The number of hydrogen-bond acceptors (Lipinski definition) is 3. The van der Waals surface area contributed by atoms with Gasteiger partial charge in [-0.15, -0.1) is 0 Å². The summed E-state index contributed by atoms with van der Waals surface area (Å²) in [5.41, 5.74) is 1.57. The third kappa shape index (κ3) is 4.85. The number of benzene rings is 2. The third-order valence-corrected chi connectivity index (χ3v) is 3.12. The van der Waals surface area contributed by atoms with E-state index in [0.717, 1.165) is 5.56 Å². The van der Waals surface area contributed by atoms with Crippen LogP contribution < -0.4 is 10.1 Å². The van der Waals surface area contributed by atoms with Crippen LogP contribution in [0.25, 0.3) is 0 Å². The standard InChI is InChI=1S/C18H19NO4/c1-12(2)23-16-5-3-4-15(10-16)17(20)19-11-13-6-8-14(9-7-13)18(21)22/h3-10,12H,11H2,1-2H3,(H,19,20)(H,21,22). The molecular weight excluding hydrogens is 294 g/mol. The van der Waals surface area contributed by atoms with Gasteiger partial charge in [-0.25, -0.2) is 4.79 Å². The molecule has 2 N–H and O–H groups in total. The second kappa shape index (κ2) is 7.45. The smallest absolute Gasteiger partial charge is 0.335 e. The molecule has 0 saturated heterocycles. The second-order valence-electron chi connectivity index (χ2n) is 5.38. The van der Waals surface area contributed by atoms with E-state index in [9.17, 15) is 9.59 Å². The first kappa shape index (κ1) is 16.5. The predicted octanol–water partition coefficient (Wildman–Crippen LogP) is 3.10. The van der Waals surface area contributed by atoms with Crippen LogP contribution in [0.5, 0.6) is 5.75 Å². The normalized spacial score (nSPS) is 10.4. The third-order valence-electron chi connectivity index (χ3n) is 3.12. The summed E-state index contributed by atoms with van der Waals surface area (Å²) in [6.07, 6.45) is 0.0426. The van der Waals surface area contributed by atoms with Crippen molar-refractivity contribution in [1.82, 2.24) is 5.32 Å². The van der Waals surface area contributed by atoms with E-state index >= 15 is 0 Å². The van der Waals surface area contributed by atoms with Gasteiger partial charge in [0.15, 0.2) is 0 Å². The molecule has 0 aliphatic heterocycles. The average molecular weight is 313 g/mol. The topological polar surface area (TPSA) is 75.6 Å². The van der Waals surface area contributed by atoms with Crippen molar-refractivity contribution in [3.63, 3.8) is 0 Å². The Morgan fingerprint density at radius 3 is 2.39 bits per heavy atom. The number of carbonyl (C=O) groups excluding carboxylic acids is 1. The van der Waals surface area contributed by atoms with E-state index in [1.165, 1.54) is 12.1 Å². The molecule has 120 valence electrons. The SMILES string of the molecule is CC(C)Oc1cccc(C(=O)NCc2ccc(C(=O)O)cc2)c1. The molecule has 5 nitrogen and oxygen atoms in total. The Hall–Kier alpha value is -2.82. The van der Waals surface area contributed by atoms with Crippen LogP contribution in [0.1, 0.15) is 40.1 Å². The van der Waals surface area contributed by atoms with Crippen molar-refractivity contribution in [1.29, 1.82) is 0 Å². The molecule has 0 radical (unpaired) electrons. The van der Waals surface area contributed by atoms with Gasteiger partial charge < -0.3 is 15.2 Å². The van der Waals surface area contributed by atoms with E-state index in [4.69, 9.17) is 9.84 Å². The second-order valence-corrected chi connectivity index (χ2v) is 5.38. The summed E-state index contributed by atoms with van der Waals surface area (Å²) in [4.78, 5) is 23.0. The zero-order valence-corrected chi connectivity index (χ0v) is 13.1. The molecule has 0 fully saturated rings. The number of ether oxygens (including phenoxy) is 1. The Morgan fingerprint density at radius 2 is 1.78 bits per heavy atom. The van der Waals surface area contributed by atoms with Gasteiger partial charge in [-0.2, -0.15) is 0 Å². The highest BCUT2D eigenvalue weighted by atomic mass is 16.5. The van der Waals surface area contributed by atoms with Crippen molar-refractivity contribution < 1.29 is 19.4 Å². The quantitative estimate of drug-likeness (QED) is 0.859. The molecule has 0 spiro atoms. The van der Waals surface area contributed by atoms with E-state index in [2.05, 4.69) is 5.32 Å². The molecule has 23 heavy (non-hydrogen) atoms. The molecule has 0 aliphatic rings. The minimum absolute atomic E-state index is 0.0426. The number of nitrogens with one attached hydrogen (secondary N) is 1. The number of hydrogen-bond donors (Lipinski definition) is 2. The van der Waals surface area contributed by atoms with E-state index in [0.29, 0.717) is 17.9 Å². The first-order valence-electron chi connectivity index (χ1n) is 7.33. The lowest BCUT2D eigenvalue weighted by atomic mass is 10.1. The largest absolute Gasteiger partial charge is 0.491 e. The van der Waals surface area contributed by atoms with Gasteiger partial charge in [-0.1, -0.05) is 18.2 Å². The molecule has 0 heterocycles. The van der Waals surface area contributed by atoms with Crippen molar-refractivity contribution in [2.75, 3.05) is 0 Å². The maximum absolute atomic E-state index is 12.2. The predicted molar refractivity (Wildman–Crippen MR) is 86.8 cm³/mol. The summed E-state index contributed by atoms with van der Waals surface area (Å²) in [6, 6.07) is 13.4. The molecule has 2 aromatic carbocycles. The van der Waals surface area contributed by atoms with Gasteiger partial charge >= 0.3 is 5.97 Å². The van der Waals surface area contributed by atoms with Crippen molar-refractivity contribution in [3.05, 3.63) is 65.2 Å². The van der Waals surface area contributed by atoms with Crippen LogP contribution in [0.15, 0.2) is 48.5 Å². The van der Waals surface area contributed by atoms with E-state index in [-0.39, 0.29) is 17.6 Å². The summed E-state index contributed by atoms with van der Waals surface area (Å²) in [5, 5.41) is 11.7. The fraction of sp³-hybridized carbons (Fsp3) is 0.222. The Morgan fingerprint density at radius 1 is 1.09 bits per heavy atom. The van der Waals surface area contributed by atoms with Gasteiger partial charge in [0.05, 0.1) is 11.7 Å². The lowest BCUT2D eigenvalue weighted by Crippen LogP contribution is -2.22. The number of aromatic carboxylic acids is 1. The lowest BCUT2D eigenvalue weighted by molar-refractivity contribution is 0.0696. The lowest BCUT2D eigenvalue weighted by Gasteiger charge is -2.11. The van der Waals surface area contributed by atoms with Crippen molar-refractivity contribution >= 4 is 11.9 Å². The van der Waals surface area contributed by atoms with Crippen LogP contribution >= 0.6 is 0 Å². The van der Waals surface area contributed by atoms with E-state index in [1.54, 1.807) is 36.4 Å². The molecule has 0 bridgehead atoms. The van der Waals surface area contributed by atoms with Gasteiger partial charge in [0.2, 0.25) is 0 Å². The molecule has 0 aromatic heterocycles. The molecule has 1 amide bonds. The Balaban J connectivity index is 1.97. The fourth-order valence-electron chi connectivity index (χ4n) is 2.03. The zero-order valence-electron chi connectivity index (χ0n) is 13.1. The summed E-state index contributed by atoms with van der Waals surface area (Å²) in [5.74, 6) is -0.525. The monoisotopic (exact) mass is 313 g/mol. The van der Waals surface area contributed by atoms with Crippen LogP contribution in [0.2, 0.25) is 0 Å². The molecule has 5 heteroatoms. The maximum Gasteiger partial charge on any atom is 0.335 e. The van der Waals surface area contributed by atoms with Crippen molar-refractivity contribution in [3.8, 4) is 5.75 Å². The molecule has 0 aliphatic carbocycles. The summed E-state index contributed by atoms with van der Waals surface area (Å²) in [6.45, 7) is 4.18. The van der Waals surface area contributed by atoms with E-state index < -0.39 is 5.97 Å². The summed E-state index contributed by atoms with van der Waals surface area (Å²) >= 11 is 0.